The molecule has 0 saturated carbocycles. The number of aryl methyl sites for hydroxylation is 2. The third kappa shape index (κ3) is 3.42. The maximum atomic E-state index is 13.2. The predicted molar refractivity (Wildman–Crippen MR) is 114 cm³/mol. The summed E-state index contributed by atoms with van der Waals surface area (Å²) in [6.07, 6.45) is 0. The van der Waals surface area contributed by atoms with Gasteiger partial charge in [0.25, 0.3) is 0 Å². The molecule has 2 aromatic rings. The van der Waals surface area contributed by atoms with E-state index in [-0.39, 0.29) is 6.04 Å². The van der Waals surface area contributed by atoms with Gasteiger partial charge in [0.05, 0.1) is 10.9 Å². The summed E-state index contributed by atoms with van der Waals surface area (Å²) < 4.78 is 30.1. The van der Waals surface area contributed by atoms with Gasteiger partial charge in [0, 0.05) is 13.7 Å². The molecule has 24 heavy (non-hydrogen) atoms. The molecule has 0 amide bonds. The van der Waals surface area contributed by atoms with E-state index in [0.29, 0.717) is 11.4 Å². The normalized spacial score (nSPS) is 19.1. The molecule has 2 aromatic carbocycles. The highest BCUT2D eigenvalue weighted by Crippen LogP contribution is 2.45. The monoisotopic (exact) mass is 565 g/mol. The molecule has 1 unspecified atom stereocenters. The van der Waals surface area contributed by atoms with Gasteiger partial charge in [-0.1, -0.05) is 47.5 Å². The topological polar surface area (TPSA) is 37.4 Å². The average molecular weight is 565 g/mol. The lowest BCUT2D eigenvalue weighted by molar-refractivity contribution is 0.417. The summed E-state index contributed by atoms with van der Waals surface area (Å²) >= 11 is 4.53. The van der Waals surface area contributed by atoms with Crippen molar-refractivity contribution in [2.45, 2.75) is 24.8 Å². The van der Waals surface area contributed by atoms with Crippen molar-refractivity contribution in [2.24, 2.45) is 0 Å². The molecule has 1 heterocycles. The number of benzene rings is 2. The van der Waals surface area contributed by atoms with Crippen LogP contribution in [0.3, 0.4) is 0 Å². The molecule has 0 N–H and O–H groups in total. The zero-order valence-corrected chi connectivity index (χ0v) is 18.5. The molecule has 3 rings (SSSR count). The Morgan fingerprint density at radius 2 is 1.42 bits per heavy atom. The maximum absolute atomic E-state index is 13.2. The second-order valence-corrected chi connectivity index (χ2v) is 10.3. The molecule has 0 fully saturated rings. The predicted octanol–water partition coefficient (Wildman–Crippen LogP) is 5.13. The first-order valence-corrected chi connectivity index (χ1v) is 11.1. The largest absolute Gasteiger partial charge is 0.244 e. The van der Waals surface area contributed by atoms with Crippen molar-refractivity contribution in [1.82, 2.24) is 4.31 Å². The minimum absolute atomic E-state index is 0.246. The highest BCUT2D eigenvalue weighted by atomic mass is 127. The van der Waals surface area contributed by atoms with E-state index < -0.39 is 10.0 Å². The van der Waals surface area contributed by atoms with Crippen molar-refractivity contribution in [3.8, 4) is 0 Å². The van der Waals surface area contributed by atoms with Crippen molar-refractivity contribution in [2.75, 3.05) is 6.54 Å². The van der Waals surface area contributed by atoms with Gasteiger partial charge in [-0.25, -0.2) is 8.42 Å². The lowest BCUT2D eigenvalue weighted by Crippen LogP contribution is -2.32. The minimum atomic E-state index is -3.55. The van der Waals surface area contributed by atoms with Gasteiger partial charge in [-0.05, 0) is 76.7 Å². The van der Waals surface area contributed by atoms with E-state index in [1.54, 1.807) is 16.4 Å². The third-order valence-corrected chi connectivity index (χ3v) is 9.12. The smallest absolute Gasteiger partial charge is 0.207 e. The van der Waals surface area contributed by atoms with Crippen LogP contribution in [0.4, 0.5) is 0 Å². The number of hydrogen-bond donors (Lipinski definition) is 0. The first-order chi connectivity index (χ1) is 11.3. The number of rotatable bonds is 3. The van der Waals surface area contributed by atoms with Crippen molar-refractivity contribution in [3.63, 3.8) is 0 Å². The zero-order chi connectivity index (χ0) is 17.5. The summed E-state index contributed by atoms with van der Waals surface area (Å²) in [4.78, 5) is 0.348. The molecular formula is C18H17I2NO2S. The van der Waals surface area contributed by atoms with Crippen molar-refractivity contribution >= 4 is 55.2 Å². The van der Waals surface area contributed by atoms with Crippen LogP contribution >= 0.6 is 45.2 Å². The van der Waals surface area contributed by atoms with Crippen LogP contribution in [0.5, 0.6) is 0 Å². The van der Waals surface area contributed by atoms with Crippen LogP contribution in [-0.2, 0) is 10.0 Å². The van der Waals surface area contributed by atoms with Crippen LogP contribution in [0.1, 0.15) is 22.7 Å². The summed E-state index contributed by atoms with van der Waals surface area (Å²) in [7, 11) is -3.55. The lowest BCUT2D eigenvalue weighted by atomic mass is 10.1. The van der Waals surface area contributed by atoms with Crippen molar-refractivity contribution in [3.05, 3.63) is 72.4 Å². The second kappa shape index (κ2) is 7.05. The Kier molecular flexibility index (Phi) is 5.39. The summed E-state index contributed by atoms with van der Waals surface area (Å²) in [5.41, 5.74) is 3.22. The third-order valence-electron chi connectivity index (χ3n) is 4.10. The highest BCUT2D eigenvalue weighted by Gasteiger charge is 2.40. The Morgan fingerprint density at radius 1 is 0.917 bits per heavy atom. The molecule has 0 aliphatic carbocycles. The van der Waals surface area contributed by atoms with Crippen LogP contribution in [-0.4, -0.2) is 19.3 Å². The fourth-order valence-corrected chi connectivity index (χ4v) is 6.21. The summed E-state index contributed by atoms with van der Waals surface area (Å²) in [5, 5.41) is 0. The quantitative estimate of drug-likeness (QED) is 0.485. The first kappa shape index (κ1) is 18.3. The Labute approximate surface area is 170 Å². The lowest BCUT2D eigenvalue weighted by Gasteiger charge is -2.25. The summed E-state index contributed by atoms with van der Waals surface area (Å²) in [5.74, 6) is 0. The Hall–Kier alpha value is -0.450. The van der Waals surface area contributed by atoms with Gasteiger partial charge in [0.2, 0.25) is 10.0 Å². The fourth-order valence-electron chi connectivity index (χ4n) is 2.71. The van der Waals surface area contributed by atoms with E-state index in [2.05, 4.69) is 45.2 Å². The molecule has 0 bridgehead atoms. The molecular weight excluding hydrogens is 548 g/mol. The highest BCUT2D eigenvalue weighted by molar-refractivity contribution is 14.1. The minimum Gasteiger partial charge on any atom is -0.207 e. The van der Waals surface area contributed by atoms with Crippen LogP contribution in [0.2, 0.25) is 0 Å². The molecule has 1 aliphatic heterocycles. The second-order valence-electron chi connectivity index (χ2n) is 5.93. The van der Waals surface area contributed by atoms with Gasteiger partial charge in [-0.2, -0.15) is 4.31 Å². The Morgan fingerprint density at radius 3 is 1.96 bits per heavy atom. The SMILES string of the molecule is Cc1ccc(C2C(I)=C(I)CN2S(=O)(=O)c2ccc(C)cc2)cc1. The Bertz CT molecular complexity index is 888. The molecule has 6 heteroatoms. The maximum Gasteiger partial charge on any atom is 0.244 e. The standard InChI is InChI=1S/C18H17I2NO2S/c1-12-3-7-14(8-4-12)18-17(20)16(19)11-21(18)24(22,23)15-9-5-13(2)6-10-15/h3-10,18H,11H2,1-2H3. The van der Waals surface area contributed by atoms with Crippen LogP contribution in [0.25, 0.3) is 0 Å². The van der Waals surface area contributed by atoms with Crippen LogP contribution < -0.4 is 0 Å². The van der Waals surface area contributed by atoms with Gasteiger partial charge in [0.15, 0.2) is 0 Å². The summed E-state index contributed by atoms with van der Waals surface area (Å²) in [6, 6.07) is 14.9. The first-order valence-electron chi connectivity index (χ1n) is 7.50. The zero-order valence-electron chi connectivity index (χ0n) is 13.3. The number of hydrogen-bond acceptors (Lipinski definition) is 2. The van der Waals surface area contributed by atoms with E-state index in [1.807, 2.05) is 50.2 Å². The molecule has 0 radical (unpaired) electrons. The molecule has 126 valence electrons. The Balaban J connectivity index is 2.06. The number of nitrogens with zero attached hydrogens (tertiary/aromatic N) is 1. The van der Waals surface area contributed by atoms with Gasteiger partial charge >= 0.3 is 0 Å². The van der Waals surface area contributed by atoms with Crippen molar-refractivity contribution < 1.29 is 8.42 Å². The average Bonchev–Trinajstić information content (AvgIpc) is 2.85. The van der Waals surface area contributed by atoms with Crippen LogP contribution in [0.15, 0.2) is 60.6 Å². The molecule has 0 aromatic heterocycles. The van der Waals surface area contributed by atoms with E-state index in [0.717, 1.165) is 18.3 Å². The van der Waals surface area contributed by atoms with E-state index in [4.69, 9.17) is 0 Å². The van der Waals surface area contributed by atoms with Gasteiger partial charge in [-0.3, -0.25) is 0 Å². The van der Waals surface area contributed by atoms with Gasteiger partial charge in [0.1, 0.15) is 0 Å². The molecule has 0 spiro atoms. The van der Waals surface area contributed by atoms with Gasteiger partial charge in [-0.15, -0.1) is 0 Å². The molecule has 0 saturated heterocycles. The molecule has 1 atom stereocenters. The molecule has 1 aliphatic rings. The van der Waals surface area contributed by atoms with E-state index in [9.17, 15) is 8.42 Å². The van der Waals surface area contributed by atoms with Crippen LogP contribution in [0, 0.1) is 13.8 Å². The van der Waals surface area contributed by atoms with Crippen molar-refractivity contribution in [1.29, 1.82) is 0 Å². The summed E-state index contributed by atoms with van der Waals surface area (Å²) in [6.45, 7) is 4.41. The van der Waals surface area contributed by atoms with E-state index in [1.165, 1.54) is 5.56 Å². The fraction of sp³-hybridized carbons (Fsp3) is 0.222. The molecule has 3 nitrogen and oxygen atoms in total. The number of halogens is 2. The number of sulfonamides is 1. The van der Waals surface area contributed by atoms with E-state index >= 15 is 0 Å². The van der Waals surface area contributed by atoms with Gasteiger partial charge < -0.3 is 0 Å².